The Bertz CT molecular complexity index is 731. The molecule has 1 saturated heterocycles. The number of nitrogens with zero attached hydrogens (tertiary/aromatic N) is 2. The normalized spacial score (nSPS) is 15.0. The number of amides is 2. The van der Waals surface area contributed by atoms with E-state index in [1.807, 2.05) is 39.0 Å². The van der Waals surface area contributed by atoms with Gasteiger partial charge in [0.25, 0.3) is 0 Å². The highest BCUT2D eigenvalue weighted by molar-refractivity contribution is 9.10. The first-order valence-electron chi connectivity index (χ1n) is 8.89. The van der Waals surface area contributed by atoms with Crippen molar-refractivity contribution in [2.45, 2.75) is 51.7 Å². The number of anilines is 2. The largest absolute Gasteiger partial charge is 0.444 e. The van der Waals surface area contributed by atoms with Crippen molar-refractivity contribution in [1.29, 1.82) is 5.26 Å². The van der Waals surface area contributed by atoms with Crippen LogP contribution in [-0.2, 0) is 9.53 Å². The SMILES string of the molecule is CC(C)(C)OC(=O)N1CCC(Nc2ccc(Br)cc2NC(=O)CC#N)CC1. The van der Waals surface area contributed by atoms with Crippen LogP contribution in [0.5, 0.6) is 0 Å². The lowest BCUT2D eigenvalue weighted by atomic mass is 10.0. The van der Waals surface area contributed by atoms with Gasteiger partial charge in [0.1, 0.15) is 12.0 Å². The maximum absolute atomic E-state index is 12.2. The Hall–Kier alpha value is -2.27. The van der Waals surface area contributed by atoms with Crippen molar-refractivity contribution in [3.63, 3.8) is 0 Å². The molecule has 0 spiro atoms. The van der Waals surface area contributed by atoms with Crippen LogP contribution in [0.1, 0.15) is 40.0 Å². The van der Waals surface area contributed by atoms with Gasteiger partial charge in [-0.25, -0.2) is 4.79 Å². The van der Waals surface area contributed by atoms with Crippen LogP contribution >= 0.6 is 15.9 Å². The van der Waals surface area contributed by atoms with E-state index in [1.54, 1.807) is 11.0 Å². The summed E-state index contributed by atoms with van der Waals surface area (Å²) in [5.74, 6) is -0.349. The molecule has 1 aliphatic heterocycles. The number of carbonyl (C=O) groups excluding carboxylic acids is 2. The van der Waals surface area contributed by atoms with Gasteiger partial charge in [-0.05, 0) is 51.8 Å². The molecule has 0 unspecified atom stereocenters. The molecule has 1 aliphatic rings. The standard InChI is InChI=1S/C19H25BrN4O3/c1-19(2,3)27-18(26)24-10-7-14(8-11-24)22-15-5-4-13(20)12-16(15)23-17(25)6-9-21/h4-5,12,14,22H,6-8,10-11H2,1-3H3,(H,23,25). The van der Waals surface area contributed by atoms with Gasteiger partial charge in [0.05, 0.1) is 17.4 Å². The Morgan fingerprint density at radius 1 is 1.30 bits per heavy atom. The van der Waals surface area contributed by atoms with Crippen LogP contribution < -0.4 is 10.6 Å². The van der Waals surface area contributed by atoms with Crippen molar-refractivity contribution in [2.75, 3.05) is 23.7 Å². The predicted molar refractivity (Wildman–Crippen MR) is 107 cm³/mol. The first-order chi connectivity index (χ1) is 12.7. The number of likely N-dealkylation sites (tertiary alicyclic amines) is 1. The monoisotopic (exact) mass is 436 g/mol. The second-order valence-electron chi connectivity index (χ2n) is 7.46. The lowest BCUT2D eigenvalue weighted by Gasteiger charge is -2.34. The zero-order valence-corrected chi connectivity index (χ0v) is 17.4. The zero-order chi connectivity index (χ0) is 20.0. The molecule has 8 heteroatoms. The first-order valence-corrected chi connectivity index (χ1v) is 9.68. The van der Waals surface area contributed by atoms with Crippen molar-refractivity contribution in [3.8, 4) is 6.07 Å². The summed E-state index contributed by atoms with van der Waals surface area (Å²) in [5.41, 5.74) is 0.916. The summed E-state index contributed by atoms with van der Waals surface area (Å²) >= 11 is 3.40. The van der Waals surface area contributed by atoms with Gasteiger partial charge in [-0.3, -0.25) is 4.79 Å². The number of rotatable bonds is 4. The molecular weight excluding hydrogens is 412 g/mol. The quantitative estimate of drug-likeness (QED) is 0.739. The van der Waals surface area contributed by atoms with Gasteiger partial charge in [-0.2, -0.15) is 5.26 Å². The lowest BCUT2D eigenvalue weighted by molar-refractivity contribution is -0.115. The van der Waals surface area contributed by atoms with E-state index in [-0.39, 0.29) is 24.5 Å². The molecule has 7 nitrogen and oxygen atoms in total. The van der Waals surface area contributed by atoms with E-state index >= 15 is 0 Å². The summed E-state index contributed by atoms with van der Waals surface area (Å²) in [6, 6.07) is 7.59. The van der Waals surface area contributed by atoms with Gasteiger partial charge < -0.3 is 20.3 Å². The Kier molecular flexibility index (Phi) is 7.08. The minimum absolute atomic E-state index is 0.177. The summed E-state index contributed by atoms with van der Waals surface area (Å²) in [6.45, 7) is 6.79. The number of hydrogen-bond donors (Lipinski definition) is 2. The minimum atomic E-state index is -0.500. The average molecular weight is 437 g/mol. The van der Waals surface area contributed by atoms with E-state index in [2.05, 4.69) is 26.6 Å². The smallest absolute Gasteiger partial charge is 0.410 e. The van der Waals surface area contributed by atoms with E-state index in [0.29, 0.717) is 18.8 Å². The first kappa shape index (κ1) is 21.0. The third kappa shape index (κ3) is 6.75. The van der Waals surface area contributed by atoms with E-state index in [4.69, 9.17) is 10.00 Å². The number of hydrogen-bond acceptors (Lipinski definition) is 5. The van der Waals surface area contributed by atoms with Crippen molar-refractivity contribution in [3.05, 3.63) is 22.7 Å². The molecule has 2 N–H and O–H groups in total. The maximum Gasteiger partial charge on any atom is 0.410 e. The number of benzene rings is 1. The predicted octanol–water partition coefficient (Wildman–Crippen LogP) is 4.11. The topological polar surface area (TPSA) is 94.5 Å². The van der Waals surface area contributed by atoms with Gasteiger partial charge in [0, 0.05) is 23.6 Å². The molecule has 1 aromatic carbocycles. The van der Waals surface area contributed by atoms with Crippen LogP contribution in [-0.4, -0.2) is 41.6 Å². The van der Waals surface area contributed by atoms with Gasteiger partial charge in [0.2, 0.25) is 5.91 Å². The third-order valence-corrected chi connectivity index (χ3v) is 4.49. The van der Waals surface area contributed by atoms with Crippen molar-refractivity contribution in [2.24, 2.45) is 0 Å². The third-order valence-electron chi connectivity index (χ3n) is 4.00. The summed E-state index contributed by atoms with van der Waals surface area (Å²) in [6.07, 6.45) is 1.08. The molecule has 0 atom stereocenters. The van der Waals surface area contributed by atoms with Gasteiger partial charge in [-0.1, -0.05) is 15.9 Å². The Morgan fingerprint density at radius 2 is 1.96 bits per heavy atom. The molecule has 0 aromatic heterocycles. The highest BCUT2D eigenvalue weighted by Crippen LogP contribution is 2.28. The maximum atomic E-state index is 12.2. The molecule has 27 heavy (non-hydrogen) atoms. The van der Waals surface area contributed by atoms with Crippen molar-refractivity contribution >= 4 is 39.3 Å². The number of carbonyl (C=O) groups is 2. The zero-order valence-electron chi connectivity index (χ0n) is 15.8. The van der Waals surface area contributed by atoms with E-state index in [9.17, 15) is 9.59 Å². The molecular formula is C19H25BrN4O3. The second-order valence-corrected chi connectivity index (χ2v) is 8.37. The van der Waals surface area contributed by atoms with Crippen LogP contribution in [0, 0.1) is 11.3 Å². The molecule has 0 bridgehead atoms. The van der Waals surface area contributed by atoms with Crippen molar-refractivity contribution < 1.29 is 14.3 Å². The molecule has 2 rings (SSSR count). The molecule has 0 radical (unpaired) electrons. The van der Waals surface area contributed by atoms with Crippen molar-refractivity contribution in [1.82, 2.24) is 4.90 Å². The fourth-order valence-electron chi connectivity index (χ4n) is 2.76. The molecule has 2 amide bonds. The average Bonchev–Trinajstić information content (AvgIpc) is 2.56. The number of nitriles is 1. The van der Waals surface area contributed by atoms with Crippen LogP contribution in [0.3, 0.4) is 0 Å². The summed E-state index contributed by atoms with van der Waals surface area (Å²) in [4.78, 5) is 25.6. The Balaban J connectivity index is 1.96. The van der Waals surface area contributed by atoms with E-state index < -0.39 is 5.60 Å². The molecule has 0 aliphatic carbocycles. The number of nitrogens with one attached hydrogen (secondary N) is 2. The van der Waals surface area contributed by atoms with Gasteiger partial charge in [0.15, 0.2) is 0 Å². The fourth-order valence-corrected chi connectivity index (χ4v) is 3.13. The van der Waals surface area contributed by atoms with Gasteiger partial charge >= 0.3 is 6.09 Å². The lowest BCUT2D eigenvalue weighted by Crippen LogP contribution is -2.44. The molecule has 0 saturated carbocycles. The molecule has 1 heterocycles. The van der Waals surface area contributed by atoms with Gasteiger partial charge in [-0.15, -0.1) is 0 Å². The van der Waals surface area contributed by atoms with Crippen LogP contribution in [0.15, 0.2) is 22.7 Å². The van der Waals surface area contributed by atoms with Crippen LogP contribution in [0.4, 0.5) is 16.2 Å². The van der Waals surface area contributed by atoms with E-state index in [1.165, 1.54) is 0 Å². The summed E-state index contributed by atoms with van der Waals surface area (Å²) in [5, 5.41) is 14.9. The Labute approximate surface area is 168 Å². The summed E-state index contributed by atoms with van der Waals surface area (Å²) < 4.78 is 6.25. The Morgan fingerprint density at radius 3 is 2.56 bits per heavy atom. The molecule has 1 aromatic rings. The van der Waals surface area contributed by atoms with Crippen LogP contribution in [0.25, 0.3) is 0 Å². The second kappa shape index (κ2) is 9.09. The number of piperidine rings is 1. The highest BCUT2D eigenvalue weighted by Gasteiger charge is 2.27. The molecule has 146 valence electrons. The number of ether oxygens (including phenoxy) is 1. The minimum Gasteiger partial charge on any atom is -0.444 e. The fraction of sp³-hybridized carbons (Fsp3) is 0.526. The van der Waals surface area contributed by atoms with Crippen LogP contribution in [0.2, 0.25) is 0 Å². The highest BCUT2D eigenvalue weighted by atomic mass is 79.9. The summed E-state index contributed by atoms with van der Waals surface area (Å²) in [7, 11) is 0. The van der Waals surface area contributed by atoms with E-state index in [0.717, 1.165) is 23.0 Å². The number of halogens is 1. The molecule has 1 fully saturated rings.